The molecule has 0 saturated carbocycles. The third-order valence-corrected chi connectivity index (χ3v) is 5.89. The summed E-state index contributed by atoms with van der Waals surface area (Å²) in [5.74, 6) is 1.93. The lowest BCUT2D eigenvalue weighted by molar-refractivity contribution is 0.0790. The van der Waals surface area contributed by atoms with Crippen molar-refractivity contribution in [3.63, 3.8) is 0 Å². The Morgan fingerprint density at radius 3 is 2.62 bits per heavy atom. The lowest BCUT2D eigenvalue weighted by Gasteiger charge is -2.39. The number of pyridine rings is 1. The summed E-state index contributed by atoms with van der Waals surface area (Å²) in [6, 6.07) is 14.3. The van der Waals surface area contributed by atoms with Gasteiger partial charge in [-0.25, -0.2) is 4.98 Å². The molecule has 2 atom stereocenters. The predicted octanol–water partition coefficient (Wildman–Crippen LogP) is 1.97. The van der Waals surface area contributed by atoms with Gasteiger partial charge in [-0.05, 0) is 18.2 Å². The maximum Gasteiger partial charge on any atom is 0.128 e. The number of likely N-dealkylation sites (tertiary alicyclic amines) is 1. The fraction of sp³-hybridized carbons (Fsp3) is 0.435. The molecule has 2 aromatic rings. The minimum Gasteiger partial charge on any atom is -0.496 e. The van der Waals surface area contributed by atoms with Gasteiger partial charge in [0.2, 0.25) is 0 Å². The molecule has 0 bridgehead atoms. The van der Waals surface area contributed by atoms with Crippen molar-refractivity contribution in [3.8, 4) is 5.75 Å². The van der Waals surface area contributed by atoms with Gasteiger partial charge in [-0.3, -0.25) is 9.80 Å². The highest BCUT2D eigenvalue weighted by Crippen LogP contribution is 2.21. The average molecular weight is 395 g/mol. The molecule has 2 unspecified atom stereocenters. The van der Waals surface area contributed by atoms with Crippen molar-refractivity contribution in [1.82, 2.24) is 14.8 Å². The molecule has 1 aromatic heterocycles. The fourth-order valence-corrected chi connectivity index (χ4v) is 4.31. The molecule has 154 valence electrons. The van der Waals surface area contributed by atoms with Crippen LogP contribution in [0.15, 0.2) is 54.7 Å². The van der Waals surface area contributed by atoms with Crippen molar-refractivity contribution in [1.29, 1.82) is 0 Å². The van der Waals surface area contributed by atoms with Crippen LogP contribution in [0.3, 0.4) is 0 Å². The Hall–Kier alpha value is -2.41. The van der Waals surface area contributed by atoms with Gasteiger partial charge in [0.1, 0.15) is 11.6 Å². The molecular weight excluding hydrogens is 364 g/mol. The van der Waals surface area contributed by atoms with Crippen LogP contribution in [0.5, 0.6) is 5.75 Å². The van der Waals surface area contributed by atoms with Crippen LogP contribution in [0.2, 0.25) is 0 Å². The van der Waals surface area contributed by atoms with Crippen molar-refractivity contribution < 1.29 is 9.84 Å². The largest absolute Gasteiger partial charge is 0.496 e. The van der Waals surface area contributed by atoms with Gasteiger partial charge in [-0.1, -0.05) is 36.4 Å². The number of aliphatic hydroxyl groups excluding tert-OH is 1. The van der Waals surface area contributed by atoms with Crippen molar-refractivity contribution in [2.24, 2.45) is 0 Å². The summed E-state index contributed by atoms with van der Waals surface area (Å²) in [5, 5.41) is 10.6. The van der Waals surface area contributed by atoms with Gasteiger partial charge in [0.15, 0.2) is 0 Å². The zero-order valence-electron chi connectivity index (χ0n) is 17.0. The number of hydrogen-bond donors (Lipinski definition) is 1. The molecule has 2 aliphatic rings. The second-order valence-corrected chi connectivity index (χ2v) is 7.71. The number of nitrogens with zero attached hydrogens (tertiary/aromatic N) is 4. The van der Waals surface area contributed by atoms with E-state index in [-0.39, 0.29) is 12.1 Å². The summed E-state index contributed by atoms with van der Waals surface area (Å²) < 4.78 is 5.40. The number of methoxy groups -OCH3 is 1. The van der Waals surface area contributed by atoms with Crippen molar-refractivity contribution >= 4 is 11.9 Å². The van der Waals surface area contributed by atoms with Crippen LogP contribution < -0.4 is 9.64 Å². The SMILES string of the molecule is COc1ccccc1C=CCN1CC(O)C(N2CCN(c3ccccn3)CC2)C1. The van der Waals surface area contributed by atoms with E-state index < -0.39 is 0 Å². The normalized spacial score (nSPS) is 23.7. The molecule has 2 saturated heterocycles. The predicted molar refractivity (Wildman–Crippen MR) is 116 cm³/mol. The minimum absolute atomic E-state index is 0.209. The minimum atomic E-state index is -0.295. The third-order valence-electron chi connectivity index (χ3n) is 5.89. The standard InChI is InChI=1S/C23H30N4O2/c1-29-22-9-3-2-7-19(22)8-6-12-25-17-20(21(28)18-25)26-13-15-27(16-14-26)23-10-4-5-11-24-23/h2-11,20-21,28H,12-18H2,1H3. The summed E-state index contributed by atoms with van der Waals surface area (Å²) in [6.07, 6.45) is 5.81. The monoisotopic (exact) mass is 394 g/mol. The molecule has 2 fully saturated rings. The smallest absolute Gasteiger partial charge is 0.128 e. The lowest BCUT2D eigenvalue weighted by atomic mass is 10.1. The van der Waals surface area contributed by atoms with E-state index in [0.717, 1.165) is 62.9 Å². The lowest BCUT2D eigenvalue weighted by Crippen LogP contribution is -2.54. The van der Waals surface area contributed by atoms with Gasteiger partial charge in [0.05, 0.1) is 13.2 Å². The Labute approximate surface area is 173 Å². The van der Waals surface area contributed by atoms with E-state index >= 15 is 0 Å². The molecule has 29 heavy (non-hydrogen) atoms. The van der Waals surface area contributed by atoms with Crippen LogP contribution in [0.25, 0.3) is 6.08 Å². The second kappa shape index (κ2) is 9.39. The zero-order chi connectivity index (χ0) is 20.1. The topological polar surface area (TPSA) is 52.1 Å². The fourth-order valence-electron chi connectivity index (χ4n) is 4.31. The van der Waals surface area contributed by atoms with Gasteiger partial charge in [-0.2, -0.15) is 0 Å². The summed E-state index contributed by atoms with van der Waals surface area (Å²) in [5.41, 5.74) is 1.08. The first-order valence-corrected chi connectivity index (χ1v) is 10.3. The van der Waals surface area contributed by atoms with Gasteiger partial charge in [-0.15, -0.1) is 0 Å². The number of para-hydroxylation sites is 1. The van der Waals surface area contributed by atoms with E-state index in [1.54, 1.807) is 7.11 Å². The van der Waals surface area contributed by atoms with Crippen LogP contribution in [0, 0.1) is 0 Å². The van der Waals surface area contributed by atoms with Crippen LogP contribution in [0.1, 0.15) is 5.56 Å². The molecule has 1 aromatic carbocycles. The number of hydrogen-bond acceptors (Lipinski definition) is 6. The molecule has 0 spiro atoms. The Bertz CT molecular complexity index is 806. The zero-order valence-corrected chi connectivity index (χ0v) is 17.0. The molecule has 3 heterocycles. The Morgan fingerprint density at radius 1 is 1.07 bits per heavy atom. The molecule has 6 nitrogen and oxygen atoms in total. The Balaban J connectivity index is 1.28. The van der Waals surface area contributed by atoms with Crippen molar-refractivity contribution in [2.45, 2.75) is 12.1 Å². The molecule has 0 amide bonds. The molecule has 6 heteroatoms. The summed E-state index contributed by atoms with van der Waals surface area (Å²) in [6.45, 7) is 6.29. The summed E-state index contributed by atoms with van der Waals surface area (Å²) in [7, 11) is 1.70. The number of rotatable bonds is 6. The number of ether oxygens (including phenoxy) is 1. The molecule has 0 radical (unpaired) electrons. The first kappa shape index (κ1) is 19.9. The van der Waals surface area contributed by atoms with Crippen LogP contribution in [0.4, 0.5) is 5.82 Å². The maximum absolute atomic E-state index is 10.6. The van der Waals surface area contributed by atoms with Gasteiger partial charge in [0.25, 0.3) is 0 Å². The highest BCUT2D eigenvalue weighted by Gasteiger charge is 2.36. The molecule has 1 N–H and O–H groups in total. The van der Waals surface area contributed by atoms with E-state index in [1.807, 2.05) is 36.5 Å². The van der Waals surface area contributed by atoms with Crippen LogP contribution in [-0.4, -0.2) is 85.0 Å². The first-order chi connectivity index (χ1) is 14.2. The van der Waals surface area contributed by atoms with E-state index in [2.05, 4.69) is 44.0 Å². The van der Waals surface area contributed by atoms with Gasteiger partial charge >= 0.3 is 0 Å². The number of β-amino-alcohol motifs (C(OH)–C–C–N with tert-alkyl or cyclic N) is 1. The van der Waals surface area contributed by atoms with Crippen LogP contribution in [-0.2, 0) is 0 Å². The molecule has 4 rings (SSSR count). The molecule has 0 aliphatic carbocycles. The van der Waals surface area contributed by atoms with E-state index in [4.69, 9.17) is 4.74 Å². The molecule has 2 aliphatic heterocycles. The average Bonchev–Trinajstić information content (AvgIpc) is 3.15. The van der Waals surface area contributed by atoms with Gasteiger partial charge < -0.3 is 14.7 Å². The Kier molecular flexibility index (Phi) is 6.44. The number of aromatic nitrogens is 1. The van der Waals surface area contributed by atoms with E-state index in [1.165, 1.54) is 0 Å². The number of aliphatic hydroxyl groups is 1. The number of anilines is 1. The summed E-state index contributed by atoms with van der Waals surface area (Å²) >= 11 is 0. The first-order valence-electron chi connectivity index (χ1n) is 10.3. The number of piperazine rings is 1. The van der Waals surface area contributed by atoms with Crippen molar-refractivity contribution in [2.75, 3.05) is 57.8 Å². The third kappa shape index (κ3) is 4.78. The number of benzene rings is 1. The molecular formula is C23H30N4O2. The van der Waals surface area contributed by atoms with Crippen LogP contribution >= 0.6 is 0 Å². The van der Waals surface area contributed by atoms with Crippen molar-refractivity contribution in [3.05, 3.63) is 60.3 Å². The van der Waals surface area contributed by atoms with E-state index in [0.29, 0.717) is 0 Å². The van der Waals surface area contributed by atoms with Gasteiger partial charge in [0, 0.05) is 63.6 Å². The Morgan fingerprint density at radius 2 is 1.86 bits per heavy atom. The highest BCUT2D eigenvalue weighted by molar-refractivity contribution is 5.57. The summed E-state index contributed by atoms with van der Waals surface area (Å²) in [4.78, 5) is 11.5. The van der Waals surface area contributed by atoms with E-state index in [9.17, 15) is 5.11 Å². The maximum atomic E-state index is 10.6. The highest BCUT2D eigenvalue weighted by atomic mass is 16.5. The second-order valence-electron chi connectivity index (χ2n) is 7.71. The quantitative estimate of drug-likeness (QED) is 0.809.